The molecule has 1 aromatic carbocycles. The topological polar surface area (TPSA) is 44.8 Å². The molecule has 3 rings (SSSR count). The lowest BCUT2D eigenvalue weighted by Gasteiger charge is -2.37. The number of piperazine rings is 1. The van der Waals surface area contributed by atoms with E-state index in [4.69, 9.17) is 4.74 Å². The number of thiophene rings is 1. The third-order valence-electron chi connectivity index (χ3n) is 4.68. The summed E-state index contributed by atoms with van der Waals surface area (Å²) in [5.74, 6) is 0.823. The zero-order valence-corrected chi connectivity index (χ0v) is 15.6. The Hall–Kier alpha value is -1.89. The van der Waals surface area contributed by atoms with Crippen LogP contribution in [0.15, 0.2) is 41.1 Å². The Labute approximate surface area is 153 Å². The second-order valence-electron chi connectivity index (χ2n) is 6.34. The smallest absolute Gasteiger partial charge is 0.241 e. The zero-order valence-electron chi connectivity index (χ0n) is 14.8. The Bertz CT molecular complexity index is 664. The largest absolute Gasteiger partial charge is 0.497 e. The number of hydrogen-bond acceptors (Lipinski definition) is 5. The van der Waals surface area contributed by atoms with Gasteiger partial charge in [0.05, 0.1) is 13.2 Å². The molecule has 0 bridgehead atoms. The minimum atomic E-state index is -0.134. The fourth-order valence-electron chi connectivity index (χ4n) is 3.04. The van der Waals surface area contributed by atoms with Gasteiger partial charge in [-0.3, -0.25) is 14.6 Å². The molecule has 25 heavy (non-hydrogen) atoms. The summed E-state index contributed by atoms with van der Waals surface area (Å²) in [4.78, 5) is 17.2. The number of ether oxygens (including phenoxy) is 1. The molecule has 1 aliphatic rings. The highest BCUT2D eigenvalue weighted by molar-refractivity contribution is 7.07. The lowest BCUT2D eigenvalue weighted by molar-refractivity contribution is -0.121. The van der Waals surface area contributed by atoms with E-state index < -0.39 is 0 Å². The first-order chi connectivity index (χ1) is 12.2. The number of benzene rings is 1. The highest BCUT2D eigenvalue weighted by Crippen LogP contribution is 2.17. The van der Waals surface area contributed by atoms with Gasteiger partial charge in [-0.2, -0.15) is 11.3 Å². The third-order valence-corrected chi connectivity index (χ3v) is 5.41. The molecule has 5 nitrogen and oxygen atoms in total. The second kappa shape index (κ2) is 8.47. The number of nitrogens with zero attached hydrogens (tertiary/aromatic N) is 2. The Morgan fingerprint density at radius 2 is 1.92 bits per heavy atom. The van der Waals surface area contributed by atoms with Crippen LogP contribution < -0.4 is 10.1 Å². The summed E-state index contributed by atoms with van der Waals surface area (Å²) in [6, 6.07) is 9.48. The SMILES string of the molecule is COc1ccc(NC(=O)[C@H](C)N2CCN(Cc3ccsc3)CC2)cc1. The van der Waals surface area contributed by atoms with Crippen molar-refractivity contribution in [1.29, 1.82) is 0 Å². The maximum absolute atomic E-state index is 12.5. The highest BCUT2D eigenvalue weighted by atomic mass is 32.1. The summed E-state index contributed by atoms with van der Waals surface area (Å²) in [6.07, 6.45) is 0. The van der Waals surface area contributed by atoms with Gasteiger partial charge in [0.2, 0.25) is 5.91 Å². The molecule has 2 heterocycles. The molecular formula is C19H25N3O2S. The summed E-state index contributed by atoms with van der Waals surface area (Å²) >= 11 is 1.74. The first-order valence-corrected chi connectivity index (χ1v) is 9.52. The molecule has 1 atom stereocenters. The Balaban J connectivity index is 1.47. The summed E-state index contributed by atoms with van der Waals surface area (Å²) < 4.78 is 5.14. The predicted octanol–water partition coefficient (Wildman–Crippen LogP) is 2.90. The van der Waals surface area contributed by atoms with Crippen LogP contribution in [0.3, 0.4) is 0 Å². The van der Waals surface area contributed by atoms with Gasteiger partial charge in [0.25, 0.3) is 0 Å². The zero-order chi connectivity index (χ0) is 17.6. The molecule has 1 aromatic heterocycles. The average Bonchev–Trinajstić information content (AvgIpc) is 3.15. The number of amides is 1. The van der Waals surface area contributed by atoms with Crippen molar-refractivity contribution in [2.45, 2.75) is 19.5 Å². The summed E-state index contributed by atoms with van der Waals surface area (Å²) in [7, 11) is 1.63. The normalized spacial score (nSPS) is 17.2. The van der Waals surface area contributed by atoms with Crippen LogP contribution in [0.5, 0.6) is 5.75 Å². The maximum Gasteiger partial charge on any atom is 0.241 e. The molecule has 0 saturated carbocycles. The van der Waals surface area contributed by atoms with Gasteiger partial charge in [-0.05, 0) is 53.6 Å². The van der Waals surface area contributed by atoms with Crippen LogP contribution in [0, 0.1) is 0 Å². The number of nitrogens with one attached hydrogen (secondary N) is 1. The van der Waals surface area contributed by atoms with Crippen LogP contribution in [0.2, 0.25) is 0 Å². The summed E-state index contributed by atoms with van der Waals surface area (Å²) in [5, 5.41) is 7.32. The van der Waals surface area contributed by atoms with E-state index in [1.807, 2.05) is 31.2 Å². The Kier molecular flexibility index (Phi) is 6.07. The van der Waals surface area contributed by atoms with E-state index in [0.717, 1.165) is 44.2 Å². The standard InChI is InChI=1S/C19H25N3O2S/c1-15(19(23)20-17-3-5-18(24-2)6-4-17)22-10-8-21(9-11-22)13-16-7-12-25-14-16/h3-7,12,14-15H,8-11,13H2,1-2H3,(H,20,23)/t15-/m0/s1. The minimum absolute atomic E-state index is 0.0384. The molecule has 0 aliphatic carbocycles. The van der Waals surface area contributed by atoms with Gasteiger partial charge in [0, 0.05) is 38.4 Å². The van der Waals surface area contributed by atoms with Gasteiger partial charge < -0.3 is 10.1 Å². The predicted molar refractivity (Wildman–Crippen MR) is 102 cm³/mol. The van der Waals surface area contributed by atoms with Crippen molar-refractivity contribution in [1.82, 2.24) is 9.80 Å². The number of methoxy groups -OCH3 is 1. The number of carbonyl (C=O) groups excluding carboxylic acids is 1. The van der Waals surface area contributed by atoms with Crippen molar-refractivity contribution in [3.63, 3.8) is 0 Å². The summed E-state index contributed by atoms with van der Waals surface area (Å²) in [5.41, 5.74) is 2.18. The molecule has 1 N–H and O–H groups in total. The number of anilines is 1. The van der Waals surface area contributed by atoms with E-state index in [2.05, 4.69) is 31.9 Å². The Morgan fingerprint density at radius 1 is 1.20 bits per heavy atom. The number of hydrogen-bond donors (Lipinski definition) is 1. The van der Waals surface area contributed by atoms with Gasteiger partial charge in [0.1, 0.15) is 5.75 Å². The number of rotatable bonds is 6. The highest BCUT2D eigenvalue weighted by Gasteiger charge is 2.25. The fraction of sp³-hybridized carbons (Fsp3) is 0.421. The summed E-state index contributed by atoms with van der Waals surface area (Å²) in [6.45, 7) is 6.81. The molecule has 0 spiro atoms. The van der Waals surface area contributed by atoms with Crippen molar-refractivity contribution < 1.29 is 9.53 Å². The Morgan fingerprint density at radius 3 is 2.52 bits per heavy atom. The molecule has 1 saturated heterocycles. The van der Waals surface area contributed by atoms with Crippen molar-refractivity contribution in [3.05, 3.63) is 46.7 Å². The quantitative estimate of drug-likeness (QED) is 0.861. The molecule has 2 aromatic rings. The van der Waals surface area contributed by atoms with Crippen LogP contribution in [0.25, 0.3) is 0 Å². The first kappa shape index (κ1) is 17.9. The minimum Gasteiger partial charge on any atom is -0.497 e. The van der Waals surface area contributed by atoms with E-state index in [1.54, 1.807) is 18.4 Å². The lowest BCUT2D eigenvalue weighted by atomic mass is 10.2. The van der Waals surface area contributed by atoms with Gasteiger partial charge in [-0.1, -0.05) is 0 Å². The van der Waals surface area contributed by atoms with Crippen molar-refractivity contribution in [2.75, 3.05) is 38.6 Å². The maximum atomic E-state index is 12.5. The van der Waals surface area contributed by atoms with Crippen LogP contribution in [-0.2, 0) is 11.3 Å². The molecule has 1 fully saturated rings. The van der Waals surface area contributed by atoms with E-state index in [9.17, 15) is 4.79 Å². The van der Waals surface area contributed by atoms with E-state index in [0.29, 0.717) is 0 Å². The van der Waals surface area contributed by atoms with E-state index in [-0.39, 0.29) is 11.9 Å². The van der Waals surface area contributed by atoms with Crippen LogP contribution in [0.4, 0.5) is 5.69 Å². The van der Waals surface area contributed by atoms with Gasteiger partial charge in [0.15, 0.2) is 0 Å². The van der Waals surface area contributed by atoms with Gasteiger partial charge in [-0.25, -0.2) is 0 Å². The fourth-order valence-corrected chi connectivity index (χ4v) is 3.70. The first-order valence-electron chi connectivity index (χ1n) is 8.58. The lowest BCUT2D eigenvalue weighted by Crippen LogP contribution is -2.52. The van der Waals surface area contributed by atoms with Crippen molar-refractivity contribution in [3.8, 4) is 5.75 Å². The van der Waals surface area contributed by atoms with Crippen LogP contribution in [-0.4, -0.2) is 55.0 Å². The average molecular weight is 359 g/mol. The van der Waals surface area contributed by atoms with Crippen molar-refractivity contribution in [2.24, 2.45) is 0 Å². The van der Waals surface area contributed by atoms with E-state index >= 15 is 0 Å². The molecule has 1 amide bonds. The van der Waals surface area contributed by atoms with E-state index in [1.165, 1.54) is 5.56 Å². The second-order valence-corrected chi connectivity index (χ2v) is 7.12. The van der Waals surface area contributed by atoms with Crippen LogP contribution in [0.1, 0.15) is 12.5 Å². The third kappa shape index (κ3) is 4.81. The van der Waals surface area contributed by atoms with Crippen LogP contribution >= 0.6 is 11.3 Å². The number of carbonyl (C=O) groups is 1. The molecule has 0 radical (unpaired) electrons. The van der Waals surface area contributed by atoms with Crippen molar-refractivity contribution >= 4 is 22.9 Å². The molecule has 134 valence electrons. The van der Waals surface area contributed by atoms with Gasteiger partial charge >= 0.3 is 0 Å². The molecule has 6 heteroatoms. The molecule has 0 unspecified atom stereocenters. The molecular weight excluding hydrogens is 334 g/mol. The monoisotopic (exact) mass is 359 g/mol. The van der Waals surface area contributed by atoms with Gasteiger partial charge in [-0.15, -0.1) is 0 Å². The molecule has 1 aliphatic heterocycles.